The zero-order valence-corrected chi connectivity index (χ0v) is 14.8. The van der Waals surface area contributed by atoms with Gasteiger partial charge in [0.05, 0.1) is 6.04 Å². The van der Waals surface area contributed by atoms with Crippen molar-refractivity contribution < 1.29 is 9.53 Å². The number of aromatic nitrogens is 4. The molecule has 1 amide bonds. The molecule has 0 fully saturated rings. The van der Waals surface area contributed by atoms with Crippen molar-refractivity contribution in [3.8, 4) is 11.5 Å². The summed E-state index contributed by atoms with van der Waals surface area (Å²) >= 11 is 0. The molecule has 1 aliphatic rings. The quantitative estimate of drug-likeness (QED) is 0.804. The van der Waals surface area contributed by atoms with Gasteiger partial charge in [0.25, 0.3) is 0 Å². The summed E-state index contributed by atoms with van der Waals surface area (Å²) < 4.78 is 7.52. The molecule has 0 radical (unpaired) electrons. The first-order valence-corrected chi connectivity index (χ1v) is 8.13. The normalized spacial score (nSPS) is 17.5. The minimum atomic E-state index is -0.515. The summed E-state index contributed by atoms with van der Waals surface area (Å²) in [5, 5.41) is 8.60. The van der Waals surface area contributed by atoms with Gasteiger partial charge in [0.2, 0.25) is 0 Å². The standard InChI is InChI=1S/C17H23N5O2/c1-11-7-6-8-13(18-11)15-20-19-14-12(2)21(9-10-22(14)15)16(23)24-17(3,4)5/h6-8,12H,9-10H2,1-5H3. The smallest absolute Gasteiger partial charge is 0.410 e. The van der Waals surface area contributed by atoms with Crippen molar-refractivity contribution in [3.63, 3.8) is 0 Å². The van der Waals surface area contributed by atoms with E-state index in [1.165, 1.54) is 0 Å². The van der Waals surface area contributed by atoms with Gasteiger partial charge in [0, 0.05) is 18.8 Å². The van der Waals surface area contributed by atoms with E-state index >= 15 is 0 Å². The highest BCUT2D eigenvalue weighted by Crippen LogP contribution is 2.28. The van der Waals surface area contributed by atoms with Gasteiger partial charge in [-0.05, 0) is 46.8 Å². The molecule has 2 aromatic heterocycles. The SMILES string of the molecule is Cc1cccc(-c2nnc3n2CCN(C(=O)OC(C)(C)C)C3C)n1. The molecule has 0 bridgehead atoms. The van der Waals surface area contributed by atoms with Crippen LogP contribution in [0.1, 0.15) is 45.3 Å². The maximum Gasteiger partial charge on any atom is 0.410 e. The number of fused-ring (bicyclic) bond motifs is 1. The number of hydrogen-bond acceptors (Lipinski definition) is 5. The fourth-order valence-corrected chi connectivity index (χ4v) is 2.81. The first-order chi connectivity index (χ1) is 11.3. The van der Waals surface area contributed by atoms with Crippen LogP contribution in [-0.4, -0.2) is 42.9 Å². The Kier molecular flexibility index (Phi) is 4.03. The fourth-order valence-electron chi connectivity index (χ4n) is 2.81. The number of hydrogen-bond donors (Lipinski definition) is 0. The van der Waals surface area contributed by atoms with Crippen LogP contribution in [0.25, 0.3) is 11.5 Å². The number of amides is 1. The molecule has 0 N–H and O–H groups in total. The minimum absolute atomic E-state index is 0.195. The zero-order chi connectivity index (χ0) is 17.5. The van der Waals surface area contributed by atoms with Crippen LogP contribution in [0.5, 0.6) is 0 Å². The largest absolute Gasteiger partial charge is 0.444 e. The summed E-state index contributed by atoms with van der Waals surface area (Å²) in [7, 11) is 0. The highest BCUT2D eigenvalue weighted by Gasteiger charge is 2.34. The summed E-state index contributed by atoms with van der Waals surface area (Å²) in [5.41, 5.74) is 1.22. The maximum absolute atomic E-state index is 12.4. The third-order valence-corrected chi connectivity index (χ3v) is 3.93. The van der Waals surface area contributed by atoms with Gasteiger partial charge in [-0.25, -0.2) is 9.78 Å². The van der Waals surface area contributed by atoms with Crippen molar-refractivity contribution in [2.45, 2.75) is 52.8 Å². The predicted octanol–water partition coefficient (Wildman–Crippen LogP) is 2.96. The average Bonchev–Trinajstić information content (AvgIpc) is 2.90. The van der Waals surface area contributed by atoms with Crippen LogP contribution < -0.4 is 0 Å². The Morgan fingerprint density at radius 3 is 2.67 bits per heavy atom. The van der Waals surface area contributed by atoms with Gasteiger partial charge in [0.15, 0.2) is 11.6 Å². The van der Waals surface area contributed by atoms with Crippen molar-refractivity contribution in [1.29, 1.82) is 0 Å². The Labute approximate surface area is 141 Å². The average molecular weight is 329 g/mol. The van der Waals surface area contributed by atoms with Crippen molar-refractivity contribution in [1.82, 2.24) is 24.6 Å². The van der Waals surface area contributed by atoms with Gasteiger partial charge in [-0.2, -0.15) is 0 Å². The van der Waals surface area contributed by atoms with Crippen molar-refractivity contribution in [2.24, 2.45) is 0 Å². The van der Waals surface area contributed by atoms with Gasteiger partial charge in [-0.1, -0.05) is 6.07 Å². The lowest BCUT2D eigenvalue weighted by Gasteiger charge is -2.34. The molecule has 7 nitrogen and oxygen atoms in total. The molecule has 0 saturated carbocycles. The Balaban J connectivity index is 1.88. The molecule has 1 atom stereocenters. The lowest BCUT2D eigenvalue weighted by atomic mass is 10.2. The molecule has 3 heterocycles. The monoisotopic (exact) mass is 329 g/mol. The summed E-state index contributed by atoms with van der Waals surface area (Å²) in [6, 6.07) is 5.64. The lowest BCUT2D eigenvalue weighted by Crippen LogP contribution is -2.43. The third-order valence-electron chi connectivity index (χ3n) is 3.93. The topological polar surface area (TPSA) is 73.1 Å². The number of carbonyl (C=O) groups is 1. The number of nitrogens with zero attached hydrogens (tertiary/aromatic N) is 5. The third kappa shape index (κ3) is 3.11. The second-order valence-electron chi connectivity index (χ2n) is 7.05. The number of ether oxygens (including phenoxy) is 1. The van der Waals surface area contributed by atoms with Gasteiger partial charge >= 0.3 is 6.09 Å². The Morgan fingerprint density at radius 1 is 1.25 bits per heavy atom. The van der Waals surface area contributed by atoms with E-state index in [1.807, 2.05) is 57.4 Å². The molecule has 0 aliphatic carbocycles. The van der Waals surface area contributed by atoms with E-state index in [1.54, 1.807) is 4.90 Å². The van der Waals surface area contributed by atoms with Crippen LogP contribution in [0.3, 0.4) is 0 Å². The van der Waals surface area contributed by atoms with Crippen LogP contribution in [0.15, 0.2) is 18.2 Å². The van der Waals surface area contributed by atoms with Gasteiger partial charge in [0.1, 0.15) is 11.3 Å². The summed E-state index contributed by atoms with van der Waals surface area (Å²) in [6.45, 7) is 10.7. The lowest BCUT2D eigenvalue weighted by molar-refractivity contribution is 0.0121. The molecule has 0 saturated heterocycles. The summed E-state index contributed by atoms with van der Waals surface area (Å²) in [5.74, 6) is 1.50. The van der Waals surface area contributed by atoms with Gasteiger partial charge in [-0.3, -0.25) is 4.90 Å². The van der Waals surface area contributed by atoms with Crippen LogP contribution in [-0.2, 0) is 11.3 Å². The van der Waals surface area contributed by atoms with E-state index in [-0.39, 0.29) is 12.1 Å². The number of carbonyl (C=O) groups excluding carboxylic acids is 1. The van der Waals surface area contributed by atoms with Crippen LogP contribution in [0, 0.1) is 6.92 Å². The van der Waals surface area contributed by atoms with E-state index in [2.05, 4.69) is 15.2 Å². The molecular weight excluding hydrogens is 306 g/mol. The van der Waals surface area contributed by atoms with E-state index < -0.39 is 5.60 Å². The van der Waals surface area contributed by atoms with E-state index in [4.69, 9.17) is 4.74 Å². The number of aryl methyl sites for hydroxylation is 1. The highest BCUT2D eigenvalue weighted by atomic mass is 16.6. The molecular formula is C17H23N5O2. The van der Waals surface area contributed by atoms with Crippen LogP contribution >= 0.6 is 0 Å². The molecule has 128 valence electrons. The first-order valence-electron chi connectivity index (χ1n) is 8.13. The molecule has 1 unspecified atom stereocenters. The van der Waals surface area contributed by atoms with E-state index in [0.717, 1.165) is 23.0 Å². The Hall–Kier alpha value is -2.44. The minimum Gasteiger partial charge on any atom is -0.444 e. The van der Waals surface area contributed by atoms with Crippen LogP contribution in [0.4, 0.5) is 4.79 Å². The van der Waals surface area contributed by atoms with E-state index in [9.17, 15) is 4.79 Å². The summed E-state index contributed by atoms with van der Waals surface area (Å²) in [6.07, 6.45) is -0.320. The second-order valence-corrected chi connectivity index (χ2v) is 7.05. The predicted molar refractivity (Wildman–Crippen MR) is 89.3 cm³/mol. The Morgan fingerprint density at radius 2 is 2.00 bits per heavy atom. The van der Waals surface area contributed by atoms with Crippen molar-refractivity contribution in [3.05, 3.63) is 29.7 Å². The molecule has 1 aliphatic heterocycles. The summed E-state index contributed by atoms with van der Waals surface area (Å²) in [4.78, 5) is 18.6. The number of pyridine rings is 1. The Bertz CT molecular complexity index is 763. The molecule has 24 heavy (non-hydrogen) atoms. The van der Waals surface area contributed by atoms with Gasteiger partial charge < -0.3 is 9.30 Å². The van der Waals surface area contributed by atoms with Crippen molar-refractivity contribution in [2.75, 3.05) is 6.54 Å². The van der Waals surface area contributed by atoms with Gasteiger partial charge in [-0.15, -0.1) is 10.2 Å². The molecule has 2 aromatic rings. The highest BCUT2D eigenvalue weighted by molar-refractivity contribution is 5.69. The molecule has 0 spiro atoms. The van der Waals surface area contributed by atoms with E-state index in [0.29, 0.717) is 13.1 Å². The molecule has 0 aromatic carbocycles. The molecule has 3 rings (SSSR count). The second kappa shape index (κ2) is 5.89. The fraction of sp³-hybridized carbons (Fsp3) is 0.529. The zero-order valence-electron chi connectivity index (χ0n) is 14.8. The maximum atomic E-state index is 12.4. The van der Waals surface area contributed by atoms with Crippen LogP contribution in [0.2, 0.25) is 0 Å². The number of rotatable bonds is 1. The van der Waals surface area contributed by atoms with Crippen molar-refractivity contribution >= 4 is 6.09 Å². The molecule has 7 heteroatoms. The first kappa shape index (κ1) is 16.4.